The van der Waals surface area contributed by atoms with Crippen LogP contribution in [0.1, 0.15) is 27.6 Å². The van der Waals surface area contributed by atoms with Crippen molar-refractivity contribution >= 4 is 50.1 Å². The van der Waals surface area contributed by atoms with Crippen LogP contribution in [0.15, 0.2) is 42.5 Å². The predicted molar refractivity (Wildman–Crippen MR) is 91.5 cm³/mol. The van der Waals surface area contributed by atoms with Crippen LogP contribution in [-0.4, -0.2) is 22.7 Å². The summed E-state index contributed by atoms with van der Waals surface area (Å²) in [5, 5.41) is 3.12. The first-order valence-electron chi connectivity index (χ1n) is 7.20. The lowest BCUT2D eigenvalue weighted by Gasteiger charge is -2.13. The molecule has 0 saturated carbocycles. The molecule has 0 bridgehead atoms. The van der Waals surface area contributed by atoms with Crippen molar-refractivity contribution in [2.45, 2.75) is 6.92 Å². The van der Waals surface area contributed by atoms with E-state index < -0.39 is 0 Å². The Hall–Kier alpha value is -3.06. The molecule has 0 saturated heterocycles. The molecule has 118 valence electrons. The van der Waals surface area contributed by atoms with Gasteiger partial charge in [-0.15, -0.1) is 0 Å². The second kappa shape index (κ2) is 5.24. The van der Waals surface area contributed by atoms with E-state index in [9.17, 15) is 14.4 Å². The molecule has 0 radical (unpaired) electrons. The lowest BCUT2D eigenvalue weighted by molar-refractivity contribution is -0.114. The van der Waals surface area contributed by atoms with Crippen LogP contribution in [-0.2, 0) is 4.79 Å². The third kappa shape index (κ3) is 2.17. The molecule has 1 aliphatic rings. The van der Waals surface area contributed by atoms with Crippen molar-refractivity contribution in [3.05, 3.63) is 53.6 Å². The molecule has 1 aromatic heterocycles. The van der Waals surface area contributed by atoms with Gasteiger partial charge in [-0.3, -0.25) is 14.4 Å². The first-order chi connectivity index (χ1) is 11.5. The van der Waals surface area contributed by atoms with Gasteiger partial charge in [0, 0.05) is 6.92 Å². The van der Waals surface area contributed by atoms with Gasteiger partial charge in [-0.1, -0.05) is 23.5 Å². The summed E-state index contributed by atoms with van der Waals surface area (Å²) in [5.74, 6) is -0.863. The molecule has 24 heavy (non-hydrogen) atoms. The van der Waals surface area contributed by atoms with E-state index in [2.05, 4.69) is 10.3 Å². The zero-order chi connectivity index (χ0) is 16.8. The van der Waals surface area contributed by atoms with Crippen molar-refractivity contribution in [1.29, 1.82) is 0 Å². The molecule has 0 aliphatic carbocycles. The molecule has 2 aromatic carbocycles. The Morgan fingerprint density at radius 1 is 1.08 bits per heavy atom. The van der Waals surface area contributed by atoms with E-state index in [1.54, 1.807) is 42.5 Å². The zero-order valence-corrected chi connectivity index (χ0v) is 13.4. The molecule has 3 aromatic rings. The Labute approximate surface area is 140 Å². The Morgan fingerprint density at radius 2 is 1.75 bits per heavy atom. The number of nitrogens with zero attached hydrogens (tertiary/aromatic N) is 2. The summed E-state index contributed by atoms with van der Waals surface area (Å²) < 4.78 is 0.785. The van der Waals surface area contributed by atoms with Gasteiger partial charge < -0.3 is 5.32 Å². The SMILES string of the molecule is CC(=O)Nc1nc2ccc(N3C(=O)c4ccccc4C3=O)cc2s1. The summed E-state index contributed by atoms with van der Waals surface area (Å²) in [6, 6.07) is 11.9. The molecule has 0 unspecified atom stereocenters. The number of hydrogen-bond donors (Lipinski definition) is 1. The van der Waals surface area contributed by atoms with Gasteiger partial charge in [0.15, 0.2) is 5.13 Å². The highest BCUT2D eigenvalue weighted by Gasteiger charge is 2.36. The maximum Gasteiger partial charge on any atom is 0.266 e. The highest BCUT2D eigenvalue weighted by molar-refractivity contribution is 7.22. The average molecular weight is 337 g/mol. The van der Waals surface area contributed by atoms with Crippen molar-refractivity contribution in [2.75, 3.05) is 10.2 Å². The van der Waals surface area contributed by atoms with Crippen LogP contribution < -0.4 is 10.2 Å². The number of thiazole rings is 1. The van der Waals surface area contributed by atoms with E-state index in [1.165, 1.54) is 23.2 Å². The molecule has 4 rings (SSSR count). The van der Waals surface area contributed by atoms with Gasteiger partial charge in [0.2, 0.25) is 5.91 Å². The number of aromatic nitrogens is 1. The van der Waals surface area contributed by atoms with E-state index in [0.29, 0.717) is 27.5 Å². The third-order valence-electron chi connectivity index (χ3n) is 3.71. The smallest absolute Gasteiger partial charge is 0.266 e. The maximum absolute atomic E-state index is 12.5. The quantitative estimate of drug-likeness (QED) is 0.729. The number of benzene rings is 2. The van der Waals surface area contributed by atoms with Crippen LogP contribution >= 0.6 is 11.3 Å². The van der Waals surface area contributed by atoms with Crippen LogP contribution in [0.25, 0.3) is 10.2 Å². The molecule has 3 amide bonds. The van der Waals surface area contributed by atoms with Gasteiger partial charge in [-0.2, -0.15) is 0 Å². The number of imide groups is 1. The monoisotopic (exact) mass is 337 g/mol. The Morgan fingerprint density at radius 3 is 2.38 bits per heavy atom. The van der Waals surface area contributed by atoms with E-state index >= 15 is 0 Å². The summed E-state index contributed by atoms with van der Waals surface area (Å²) in [6.45, 7) is 1.41. The van der Waals surface area contributed by atoms with Gasteiger partial charge in [-0.05, 0) is 30.3 Å². The summed E-state index contributed by atoms with van der Waals surface area (Å²) in [7, 11) is 0. The number of fused-ring (bicyclic) bond motifs is 2. The molecule has 1 aliphatic heterocycles. The fraction of sp³-hybridized carbons (Fsp3) is 0.0588. The summed E-state index contributed by atoms with van der Waals surface area (Å²) in [4.78, 5) is 41.7. The summed E-state index contributed by atoms with van der Waals surface area (Å²) >= 11 is 1.29. The molecular formula is C17H11N3O3S. The van der Waals surface area contributed by atoms with Crippen molar-refractivity contribution in [3.63, 3.8) is 0 Å². The van der Waals surface area contributed by atoms with Crippen molar-refractivity contribution in [2.24, 2.45) is 0 Å². The Balaban J connectivity index is 1.76. The second-order valence-electron chi connectivity index (χ2n) is 5.34. The normalized spacial score (nSPS) is 13.5. The molecular weight excluding hydrogens is 326 g/mol. The minimum Gasteiger partial charge on any atom is -0.302 e. The topological polar surface area (TPSA) is 79.4 Å². The molecule has 6 nitrogen and oxygen atoms in total. The van der Waals surface area contributed by atoms with E-state index in [1.807, 2.05) is 0 Å². The van der Waals surface area contributed by atoms with Crippen LogP contribution in [0, 0.1) is 0 Å². The number of rotatable bonds is 2. The van der Waals surface area contributed by atoms with Gasteiger partial charge in [0.05, 0.1) is 27.0 Å². The number of carbonyl (C=O) groups excluding carboxylic acids is 3. The average Bonchev–Trinajstić information content (AvgIpc) is 3.05. The molecule has 1 N–H and O–H groups in total. The van der Waals surface area contributed by atoms with Crippen LogP contribution in [0.5, 0.6) is 0 Å². The maximum atomic E-state index is 12.5. The lowest BCUT2D eigenvalue weighted by atomic mass is 10.1. The molecule has 0 fully saturated rings. The highest BCUT2D eigenvalue weighted by atomic mass is 32.1. The first kappa shape index (κ1) is 14.5. The van der Waals surface area contributed by atoms with Crippen LogP contribution in [0.3, 0.4) is 0 Å². The largest absolute Gasteiger partial charge is 0.302 e. The number of amides is 3. The fourth-order valence-electron chi connectivity index (χ4n) is 2.68. The molecule has 0 atom stereocenters. The minimum atomic E-state index is -0.332. The van der Waals surface area contributed by atoms with Gasteiger partial charge in [0.25, 0.3) is 11.8 Å². The Bertz CT molecular complexity index is 990. The van der Waals surface area contributed by atoms with Crippen molar-refractivity contribution in [1.82, 2.24) is 4.98 Å². The summed E-state index contributed by atoms with van der Waals surface area (Å²) in [5.41, 5.74) is 2.01. The van der Waals surface area contributed by atoms with E-state index in [0.717, 1.165) is 4.70 Å². The van der Waals surface area contributed by atoms with Gasteiger partial charge in [0.1, 0.15) is 0 Å². The number of hydrogen-bond acceptors (Lipinski definition) is 5. The third-order valence-corrected chi connectivity index (χ3v) is 4.64. The van der Waals surface area contributed by atoms with Crippen LogP contribution in [0.4, 0.5) is 10.8 Å². The van der Waals surface area contributed by atoms with E-state index in [4.69, 9.17) is 0 Å². The van der Waals surface area contributed by atoms with E-state index in [-0.39, 0.29) is 17.7 Å². The molecule has 0 spiro atoms. The zero-order valence-electron chi connectivity index (χ0n) is 12.6. The van der Waals surface area contributed by atoms with Crippen molar-refractivity contribution < 1.29 is 14.4 Å². The first-order valence-corrected chi connectivity index (χ1v) is 8.02. The standard InChI is InChI=1S/C17H11N3O3S/c1-9(21)18-17-19-13-7-6-10(8-14(13)24-17)20-15(22)11-4-2-3-5-12(11)16(20)23/h2-8H,1H3,(H,18,19,21). The van der Waals surface area contributed by atoms with Gasteiger partial charge >= 0.3 is 0 Å². The summed E-state index contributed by atoms with van der Waals surface area (Å²) in [6.07, 6.45) is 0. The minimum absolute atomic E-state index is 0.199. The lowest BCUT2D eigenvalue weighted by Crippen LogP contribution is -2.29. The Kier molecular flexibility index (Phi) is 3.17. The second-order valence-corrected chi connectivity index (χ2v) is 6.37. The number of anilines is 2. The van der Waals surface area contributed by atoms with Gasteiger partial charge in [-0.25, -0.2) is 9.88 Å². The number of nitrogens with one attached hydrogen (secondary N) is 1. The fourth-order valence-corrected chi connectivity index (χ4v) is 3.63. The molecule has 2 heterocycles. The van der Waals surface area contributed by atoms with Crippen LogP contribution in [0.2, 0.25) is 0 Å². The number of carbonyl (C=O) groups is 3. The predicted octanol–water partition coefficient (Wildman–Crippen LogP) is 3.06. The van der Waals surface area contributed by atoms with Crippen molar-refractivity contribution in [3.8, 4) is 0 Å². The highest BCUT2D eigenvalue weighted by Crippen LogP contribution is 2.33. The molecule has 7 heteroatoms.